The van der Waals surface area contributed by atoms with Gasteiger partial charge in [0.2, 0.25) is 0 Å². The predicted octanol–water partition coefficient (Wildman–Crippen LogP) is 3.11. The van der Waals surface area contributed by atoms with E-state index >= 15 is 0 Å². The topological polar surface area (TPSA) is 55.3 Å². The van der Waals surface area contributed by atoms with Gasteiger partial charge in [0.1, 0.15) is 11.9 Å². The van der Waals surface area contributed by atoms with Crippen molar-refractivity contribution in [2.75, 3.05) is 13.1 Å². The highest BCUT2D eigenvalue weighted by molar-refractivity contribution is 5.94. The van der Waals surface area contributed by atoms with E-state index in [1.54, 1.807) is 24.7 Å². The minimum Gasteiger partial charge on any atom is -0.490 e. The van der Waals surface area contributed by atoms with Crippen molar-refractivity contribution in [3.63, 3.8) is 0 Å². The van der Waals surface area contributed by atoms with Gasteiger partial charge in [0.25, 0.3) is 5.91 Å². The van der Waals surface area contributed by atoms with Crippen LogP contribution in [0.2, 0.25) is 0 Å². The first-order valence-electron chi connectivity index (χ1n) is 8.57. The molecule has 0 spiro atoms. The molecule has 0 saturated carbocycles. The lowest BCUT2D eigenvalue weighted by molar-refractivity contribution is 0.0595. The lowest BCUT2D eigenvalue weighted by Crippen LogP contribution is -2.41. The number of aryl methyl sites for hydroxylation is 1. The number of carbonyl (C=O) groups excluding carboxylic acids is 1. The minimum atomic E-state index is 0.0946. The maximum Gasteiger partial charge on any atom is 0.253 e. The van der Waals surface area contributed by atoms with Crippen molar-refractivity contribution in [3.8, 4) is 5.75 Å². The molecular formula is C19H23N3O2. The molecule has 1 aliphatic rings. The Kier molecular flexibility index (Phi) is 5.41. The molecule has 5 heteroatoms. The first-order valence-corrected chi connectivity index (χ1v) is 8.57. The number of piperidine rings is 1. The molecule has 2 aromatic heterocycles. The zero-order valence-corrected chi connectivity index (χ0v) is 14.0. The number of hydrogen-bond acceptors (Lipinski definition) is 4. The van der Waals surface area contributed by atoms with Gasteiger partial charge in [0.15, 0.2) is 0 Å². The fourth-order valence-corrected chi connectivity index (χ4v) is 2.97. The summed E-state index contributed by atoms with van der Waals surface area (Å²) >= 11 is 0. The maximum absolute atomic E-state index is 12.7. The molecule has 3 heterocycles. The van der Waals surface area contributed by atoms with Gasteiger partial charge in [0, 0.05) is 55.8 Å². The Bertz CT molecular complexity index is 667. The highest BCUT2D eigenvalue weighted by Crippen LogP contribution is 2.19. The van der Waals surface area contributed by atoms with E-state index in [0.717, 1.165) is 55.8 Å². The number of ether oxygens (including phenoxy) is 1. The quantitative estimate of drug-likeness (QED) is 0.847. The van der Waals surface area contributed by atoms with Crippen molar-refractivity contribution in [1.29, 1.82) is 0 Å². The molecule has 0 aliphatic carbocycles. The van der Waals surface area contributed by atoms with Crippen molar-refractivity contribution >= 4 is 5.91 Å². The summed E-state index contributed by atoms with van der Waals surface area (Å²) in [7, 11) is 0. The van der Waals surface area contributed by atoms with Crippen LogP contribution in [0, 0.1) is 0 Å². The highest BCUT2D eigenvalue weighted by Gasteiger charge is 2.24. The van der Waals surface area contributed by atoms with Crippen LogP contribution in [-0.2, 0) is 6.42 Å². The standard InChI is InChI=1S/C19H23N3O2/c1-2-3-16-14-15(4-11-21-16)19(23)22-12-7-18(8-13-22)24-17-5-9-20-10-6-17/h4-6,9-11,14,18H,2-3,7-8,12-13H2,1H3. The van der Waals surface area contributed by atoms with E-state index in [4.69, 9.17) is 4.74 Å². The fraction of sp³-hybridized carbons (Fsp3) is 0.421. The first-order chi connectivity index (χ1) is 11.8. The van der Waals surface area contributed by atoms with Crippen LogP contribution < -0.4 is 4.74 Å². The van der Waals surface area contributed by atoms with Gasteiger partial charge in [-0.25, -0.2) is 0 Å². The average Bonchev–Trinajstić information content (AvgIpc) is 2.63. The molecule has 0 unspecified atom stereocenters. The second-order valence-corrected chi connectivity index (χ2v) is 6.08. The van der Waals surface area contributed by atoms with E-state index in [2.05, 4.69) is 16.9 Å². The number of nitrogens with zero attached hydrogens (tertiary/aromatic N) is 3. The van der Waals surface area contributed by atoms with Gasteiger partial charge in [0.05, 0.1) is 0 Å². The SMILES string of the molecule is CCCc1cc(C(=O)N2CCC(Oc3ccncc3)CC2)ccn1. The van der Waals surface area contributed by atoms with E-state index in [1.807, 2.05) is 23.1 Å². The molecule has 1 fully saturated rings. The molecule has 24 heavy (non-hydrogen) atoms. The molecule has 1 saturated heterocycles. The van der Waals surface area contributed by atoms with Crippen LogP contribution in [0.25, 0.3) is 0 Å². The summed E-state index contributed by atoms with van der Waals surface area (Å²) in [6, 6.07) is 7.46. The first kappa shape index (κ1) is 16.4. The van der Waals surface area contributed by atoms with E-state index in [-0.39, 0.29) is 12.0 Å². The van der Waals surface area contributed by atoms with Gasteiger partial charge in [-0.1, -0.05) is 13.3 Å². The zero-order valence-electron chi connectivity index (χ0n) is 14.0. The largest absolute Gasteiger partial charge is 0.490 e. The number of hydrogen-bond donors (Lipinski definition) is 0. The molecule has 1 amide bonds. The number of likely N-dealkylation sites (tertiary alicyclic amines) is 1. The summed E-state index contributed by atoms with van der Waals surface area (Å²) in [6.45, 7) is 3.56. The third-order valence-electron chi connectivity index (χ3n) is 4.25. The van der Waals surface area contributed by atoms with Crippen molar-refractivity contribution in [3.05, 3.63) is 54.1 Å². The van der Waals surface area contributed by atoms with Gasteiger partial charge in [-0.2, -0.15) is 0 Å². The van der Waals surface area contributed by atoms with Crippen LogP contribution in [0.1, 0.15) is 42.2 Å². The molecule has 0 bridgehead atoms. The third kappa shape index (κ3) is 4.10. The molecule has 0 radical (unpaired) electrons. The summed E-state index contributed by atoms with van der Waals surface area (Å²) < 4.78 is 5.95. The Morgan fingerprint density at radius 2 is 1.96 bits per heavy atom. The highest BCUT2D eigenvalue weighted by atomic mass is 16.5. The van der Waals surface area contributed by atoms with Gasteiger partial charge in [-0.3, -0.25) is 14.8 Å². The average molecular weight is 325 g/mol. The number of aromatic nitrogens is 2. The third-order valence-corrected chi connectivity index (χ3v) is 4.25. The number of amides is 1. The molecule has 3 rings (SSSR count). The minimum absolute atomic E-state index is 0.0946. The van der Waals surface area contributed by atoms with Gasteiger partial charge < -0.3 is 9.64 Å². The summed E-state index contributed by atoms with van der Waals surface area (Å²) in [5.74, 6) is 0.935. The molecular weight excluding hydrogens is 302 g/mol. The van der Waals surface area contributed by atoms with Crippen LogP contribution >= 0.6 is 0 Å². The van der Waals surface area contributed by atoms with E-state index in [0.29, 0.717) is 0 Å². The predicted molar refractivity (Wildman–Crippen MR) is 92.0 cm³/mol. The summed E-state index contributed by atoms with van der Waals surface area (Å²) in [4.78, 5) is 22.9. The Hall–Kier alpha value is -2.43. The van der Waals surface area contributed by atoms with Gasteiger partial charge in [-0.05, 0) is 30.7 Å². The van der Waals surface area contributed by atoms with Crippen LogP contribution in [0.5, 0.6) is 5.75 Å². The monoisotopic (exact) mass is 325 g/mol. The number of carbonyl (C=O) groups is 1. The van der Waals surface area contributed by atoms with Gasteiger partial charge in [-0.15, -0.1) is 0 Å². The summed E-state index contributed by atoms with van der Waals surface area (Å²) in [5.41, 5.74) is 1.72. The summed E-state index contributed by atoms with van der Waals surface area (Å²) in [6.07, 6.45) is 8.98. The maximum atomic E-state index is 12.7. The molecule has 126 valence electrons. The fourth-order valence-electron chi connectivity index (χ4n) is 2.97. The van der Waals surface area contributed by atoms with Crippen molar-refractivity contribution in [1.82, 2.24) is 14.9 Å². The van der Waals surface area contributed by atoms with Crippen LogP contribution in [0.3, 0.4) is 0 Å². The Balaban J connectivity index is 1.56. The van der Waals surface area contributed by atoms with Crippen LogP contribution in [-0.4, -0.2) is 40.0 Å². The number of pyridine rings is 2. The van der Waals surface area contributed by atoms with Crippen molar-refractivity contribution in [2.45, 2.75) is 38.7 Å². The van der Waals surface area contributed by atoms with Crippen molar-refractivity contribution in [2.24, 2.45) is 0 Å². The number of rotatable bonds is 5. The normalized spacial score (nSPS) is 15.3. The second-order valence-electron chi connectivity index (χ2n) is 6.08. The van der Waals surface area contributed by atoms with Crippen LogP contribution in [0.15, 0.2) is 42.9 Å². The Morgan fingerprint density at radius 3 is 2.67 bits per heavy atom. The van der Waals surface area contributed by atoms with Gasteiger partial charge >= 0.3 is 0 Å². The molecule has 0 atom stereocenters. The summed E-state index contributed by atoms with van der Waals surface area (Å²) in [5, 5.41) is 0. The molecule has 5 nitrogen and oxygen atoms in total. The van der Waals surface area contributed by atoms with Crippen molar-refractivity contribution < 1.29 is 9.53 Å². The smallest absolute Gasteiger partial charge is 0.253 e. The lowest BCUT2D eigenvalue weighted by atomic mass is 10.1. The Labute approximate surface area is 142 Å². The molecule has 0 aromatic carbocycles. The lowest BCUT2D eigenvalue weighted by Gasteiger charge is -2.32. The molecule has 0 N–H and O–H groups in total. The zero-order chi connectivity index (χ0) is 16.8. The second kappa shape index (κ2) is 7.90. The van der Waals surface area contributed by atoms with Crippen LogP contribution in [0.4, 0.5) is 0 Å². The van der Waals surface area contributed by atoms with E-state index in [1.165, 1.54) is 0 Å². The molecule has 1 aliphatic heterocycles. The Morgan fingerprint density at radius 1 is 1.21 bits per heavy atom. The van der Waals surface area contributed by atoms with E-state index < -0.39 is 0 Å². The van der Waals surface area contributed by atoms with E-state index in [9.17, 15) is 4.79 Å². The molecule has 2 aromatic rings.